The summed E-state index contributed by atoms with van der Waals surface area (Å²) >= 11 is 0. The standard InChI is InChI=1S/C71H130O6/c1-4-7-10-13-16-19-21-23-25-27-28-29-30-31-32-33-34-35-36-37-38-39-40-41-42-44-45-47-49-52-55-58-61-64-70(73)76-67-68(66-75-69(72)63-60-57-54-51-18-15-12-9-6-3)77-71(74)65-62-59-56-53-50-48-46-43-26-24-22-20-17-14-11-8-5-2/h21,23-24,26-28,30-31,68H,4-20,22,25,29,32-67H2,1-3H3/b23-21-,26-24-,28-27-,31-30-. The quantitative estimate of drug-likeness (QED) is 0.0261. The van der Waals surface area contributed by atoms with E-state index in [0.29, 0.717) is 19.3 Å². The third kappa shape index (κ3) is 64.1. The van der Waals surface area contributed by atoms with Crippen LogP contribution in [0.3, 0.4) is 0 Å². The Balaban J connectivity index is 4.05. The second-order valence-corrected chi connectivity index (χ2v) is 23.1. The van der Waals surface area contributed by atoms with Crippen molar-refractivity contribution in [2.75, 3.05) is 13.2 Å². The topological polar surface area (TPSA) is 78.9 Å². The zero-order valence-electron chi connectivity index (χ0n) is 51.7. The zero-order valence-corrected chi connectivity index (χ0v) is 51.7. The van der Waals surface area contributed by atoms with Crippen LogP contribution in [0.2, 0.25) is 0 Å². The molecule has 0 radical (unpaired) electrons. The van der Waals surface area contributed by atoms with Crippen molar-refractivity contribution in [3.05, 3.63) is 48.6 Å². The number of carbonyl (C=O) groups is 3. The lowest BCUT2D eigenvalue weighted by Gasteiger charge is -2.18. The fraction of sp³-hybridized carbons (Fsp3) is 0.845. The Morgan fingerprint density at radius 3 is 0.740 bits per heavy atom. The molecule has 0 saturated carbocycles. The first-order valence-corrected chi connectivity index (χ1v) is 34.1. The van der Waals surface area contributed by atoms with Gasteiger partial charge in [-0.25, -0.2) is 0 Å². The summed E-state index contributed by atoms with van der Waals surface area (Å²) in [5.41, 5.74) is 0. The summed E-state index contributed by atoms with van der Waals surface area (Å²) in [4.78, 5) is 38.2. The predicted octanol–water partition coefficient (Wildman–Crippen LogP) is 23.3. The third-order valence-electron chi connectivity index (χ3n) is 15.3. The molecule has 6 heteroatoms. The molecule has 0 saturated heterocycles. The number of carbonyl (C=O) groups excluding carboxylic acids is 3. The van der Waals surface area contributed by atoms with Crippen LogP contribution < -0.4 is 0 Å². The molecule has 0 aromatic heterocycles. The maximum absolute atomic E-state index is 12.9. The van der Waals surface area contributed by atoms with E-state index in [0.717, 1.165) is 70.6 Å². The van der Waals surface area contributed by atoms with E-state index in [9.17, 15) is 14.4 Å². The summed E-state index contributed by atoms with van der Waals surface area (Å²) in [5.74, 6) is -0.855. The van der Waals surface area contributed by atoms with Gasteiger partial charge in [0.25, 0.3) is 0 Å². The molecule has 0 spiro atoms. The lowest BCUT2D eigenvalue weighted by atomic mass is 10.0. The molecule has 0 heterocycles. The smallest absolute Gasteiger partial charge is 0.306 e. The van der Waals surface area contributed by atoms with Crippen molar-refractivity contribution in [1.29, 1.82) is 0 Å². The van der Waals surface area contributed by atoms with E-state index < -0.39 is 6.10 Å². The molecule has 0 bridgehead atoms. The SMILES string of the molecule is CCCCCCC/C=C\C/C=C\C/C=C\CCCCCCCCCCCCCCCCCCCCC(=O)OCC(COC(=O)CCCCCCCCCCC)OC(=O)CCCCCCCCC/C=C\CCCCCCCC. The predicted molar refractivity (Wildman–Crippen MR) is 335 cm³/mol. The van der Waals surface area contributed by atoms with E-state index in [4.69, 9.17) is 14.2 Å². The molecule has 6 nitrogen and oxygen atoms in total. The summed E-state index contributed by atoms with van der Waals surface area (Å²) in [5, 5.41) is 0. The molecule has 0 aliphatic carbocycles. The van der Waals surface area contributed by atoms with Crippen molar-refractivity contribution in [3.63, 3.8) is 0 Å². The van der Waals surface area contributed by atoms with Gasteiger partial charge in [0.05, 0.1) is 0 Å². The Labute approximate surface area is 479 Å². The normalized spacial score (nSPS) is 12.3. The minimum absolute atomic E-state index is 0.0698. The first-order valence-electron chi connectivity index (χ1n) is 34.1. The van der Waals surface area contributed by atoms with Gasteiger partial charge in [0.2, 0.25) is 0 Å². The van der Waals surface area contributed by atoms with Crippen molar-refractivity contribution in [1.82, 2.24) is 0 Å². The van der Waals surface area contributed by atoms with Gasteiger partial charge in [0.15, 0.2) is 6.10 Å². The van der Waals surface area contributed by atoms with Crippen molar-refractivity contribution in [2.24, 2.45) is 0 Å². The Bertz CT molecular complexity index is 1330. The number of unbranched alkanes of at least 4 members (excludes halogenated alkanes) is 44. The van der Waals surface area contributed by atoms with Crippen LogP contribution >= 0.6 is 0 Å². The molecule has 0 N–H and O–H groups in total. The zero-order chi connectivity index (χ0) is 55.7. The molecule has 0 amide bonds. The van der Waals surface area contributed by atoms with E-state index >= 15 is 0 Å². The van der Waals surface area contributed by atoms with Gasteiger partial charge in [-0.15, -0.1) is 0 Å². The van der Waals surface area contributed by atoms with Crippen LogP contribution in [0.15, 0.2) is 48.6 Å². The molecule has 0 aromatic rings. The first kappa shape index (κ1) is 74.4. The summed E-state index contributed by atoms with van der Waals surface area (Å²) in [6, 6.07) is 0. The summed E-state index contributed by atoms with van der Waals surface area (Å²) in [6.45, 7) is 6.65. The monoisotopic (exact) mass is 1080 g/mol. The molecule has 77 heavy (non-hydrogen) atoms. The Kier molecular flexibility index (Phi) is 63.6. The number of ether oxygens (including phenoxy) is 3. The molecule has 0 rings (SSSR count). The second-order valence-electron chi connectivity index (χ2n) is 23.1. The van der Waals surface area contributed by atoms with E-state index in [1.807, 2.05) is 0 Å². The van der Waals surface area contributed by atoms with Gasteiger partial charge in [-0.05, 0) is 83.5 Å². The molecular weight excluding hydrogens is 949 g/mol. The van der Waals surface area contributed by atoms with Gasteiger partial charge < -0.3 is 14.2 Å². The molecule has 450 valence electrons. The van der Waals surface area contributed by atoms with E-state index in [1.165, 1.54) is 257 Å². The lowest BCUT2D eigenvalue weighted by Crippen LogP contribution is -2.30. The number of hydrogen-bond donors (Lipinski definition) is 0. The Morgan fingerprint density at radius 2 is 0.468 bits per heavy atom. The van der Waals surface area contributed by atoms with Gasteiger partial charge in [-0.2, -0.15) is 0 Å². The average molecular weight is 1080 g/mol. The van der Waals surface area contributed by atoms with Gasteiger partial charge in [-0.1, -0.05) is 313 Å². The van der Waals surface area contributed by atoms with E-state index in [2.05, 4.69) is 69.4 Å². The molecule has 0 fully saturated rings. The third-order valence-corrected chi connectivity index (χ3v) is 15.3. The second kappa shape index (κ2) is 65.9. The fourth-order valence-corrected chi connectivity index (χ4v) is 10.2. The largest absolute Gasteiger partial charge is 0.462 e. The highest BCUT2D eigenvalue weighted by atomic mass is 16.6. The molecule has 0 aromatic carbocycles. The highest BCUT2D eigenvalue weighted by molar-refractivity contribution is 5.71. The summed E-state index contributed by atoms with van der Waals surface area (Å²) in [7, 11) is 0. The van der Waals surface area contributed by atoms with Crippen molar-refractivity contribution >= 4 is 17.9 Å². The molecule has 0 aliphatic rings. The van der Waals surface area contributed by atoms with Gasteiger partial charge in [0, 0.05) is 19.3 Å². The van der Waals surface area contributed by atoms with Crippen molar-refractivity contribution in [2.45, 2.75) is 374 Å². The minimum Gasteiger partial charge on any atom is -0.462 e. The molecule has 1 unspecified atom stereocenters. The van der Waals surface area contributed by atoms with Crippen molar-refractivity contribution in [3.8, 4) is 0 Å². The molecule has 1 atom stereocenters. The molecule has 0 aliphatic heterocycles. The average Bonchev–Trinajstić information content (AvgIpc) is 3.43. The summed E-state index contributed by atoms with van der Waals surface area (Å²) in [6.07, 6.45) is 83.0. The Morgan fingerprint density at radius 1 is 0.260 bits per heavy atom. The van der Waals surface area contributed by atoms with Gasteiger partial charge in [-0.3, -0.25) is 14.4 Å². The number of hydrogen-bond acceptors (Lipinski definition) is 6. The maximum Gasteiger partial charge on any atom is 0.306 e. The Hall–Kier alpha value is -2.63. The minimum atomic E-state index is -0.771. The van der Waals surface area contributed by atoms with Crippen LogP contribution in [0.1, 0.15) is 367 Å². The molecular formula is C71H130O6. The van der Waals surface area contributed by atoms with Crippen LogP contribution in [-0.2, 0) is 28.6 Å². The maximum atomic E-state index is 12.9. The van der Waals surface area contributed by atoms with Gasteiger partial charge >= 0.3 is 17.9 Å². The van der Waals surface area contributed by atoms with Crippen LogP contribution in [0.25, 0.3) is 0 Å². The van der Waals surface area contributed by atoms with Crippen LogP contribution in [-0.4, -0.2) is 37.2 Å². The van der Waals surface area contributed by atoms with Crippen LogP contribution in [0.5, 0.6) is 0 Å². The first-order chi connectivity index (χ1) is 38.0. The number of esters is 3. The lowest BCUT2D eigenvalue weighted by molar-refractivity contribution is -0.167. The fourth-order valence-electron chi connectivity index (χ4n) is 10.2. The van der Waals surface area contributed by atoms with Crippen LogP contribution in [0, 0.1) is 0 Å². The van der Waals surface area contributed by atoms with Gasteiger partial charge in [0.1, 0.15) is 13.2 Å². The van der Waals surface area contributed by atoms with E-state index in [-0.39, 0.29) is 31.1 Å². The van der Waals surface area contributed by atoms with E-state index in [1.54, 1.807) is 0 Å². The highest BCUT2D eigenvalue weighted by Crippen LogP contribution is 2.18. The van der Waals surface area contributed by atoms with Crippen LogP contribution in [0.4, 0.5) is 0 Å². The van der Waals surface area contributed by atoms with Crippen molar-refractivity contribution < 1.29 is 28.6 Å². The number of allylic oxidation sites excluding steroid dienone is 8. The highest BCUT2D eigenvalue weighted by Gasteiger charge is 2.19. The summed E-state index contributed by atoms with van der Waals surface area (Å²) < 4.78 is 16.9. The number of rotatable bonds is 63.